The molecule has 0 bridgehead atoms. The largest absolute Gasteiger partial charge is 0.407 e. The fourth-order valence-corrected chi connectivity index (χ4v) is 1.34. The Morgan fingerprint density at radius 3 is 2.20 bits per heavy atom. The molecule has 15 heavy (non-hydrogen) atoms. The molecule has 0 amide bonds. The monoisotopic (exact) mass is 289 g/mol. The van der Waals surface area contributed by atoms with Crippen LogP contribution in [0.5, 0.6) is 0 Å². The van der Waals surface area contributed by atoms with Gasteiger partial charge in [0, 0.05) is 0 Å². The highest BCUT2D eigenvalue weighted by Gasteiger charge is 2.41. The lowest BCUT2D eigenvalue weighted by Gasteiger charge is -2.17. The third kappa shape index (κ3) is 2.46. The van der Waals surface area contributed by atoms with Crippen molar-refractivity contribution < 1.29 is 22.0 Å². The molecule has 0 spiro atoms. The van der Waals surface area contributed by atoms with Gasteiger partial charge in [-0.15, -0.1) is 0 Å². The first-order valence-electron chi connectivity index (χ1n) is 3.71. The Morgan fingerprint density at radius 2 is 1.73 bits per heavy atom. The van der Waals surface area contributed by atoms with Crippen LogP contribution in [0.2, 0.25) is 0 Å². The zero-order valence-corrected chi connectivity index (χ0v) is 8.66. The van der Waals surface area contributed by atoms with Crippen LogP contribution in [0, 0.1) is 11.6 Å². The Bertz CT molecular complexity index is 376. The summed E-state index contributed by atoms with van der Waals surface area (Å²) in [5.74, 6) is -2.65. The SMILES string of the molecule is N[C@H](c1c(F)ccc(Br)c1F)C(F)(F)F. The van der Waals surface area contributed by atoms with E-state index in [1.807, 2.05) is 0 Å². The summed E-state index contributed by atoms with van der Waals surface area (Å²) in [5, 5.41) is 0. The van der Waals surface area contributed by atoms with Crippen LogP contribution in [0.3, 0.4) is 0 Å². The van der Waals surface area contributed by atoms with Gasteiger partial charge in [0.15, 0.2) is 0 Å². The van der Waals surface area contributed by atoms with E-state index in [9.17, 15) is 22.0 Å². The Kier molecular flexibility index (Phi) is 3.34. The van der Waals surface area contributed by atoms with Crippen molar-refractivity contribution in [3.8, 4) is 0 Å². The molecule has 0 aromatic heterocycles. The van der Waals surface area contributed by atoms with E-state index in [4.69, 9.17) is 5.73 Å². The van der Waals surface area contributed by atoms with Gasteiger partial charge in [0.05, 0.1) is 10.0 Å². The van der Waals surface area contributed by atoms with E-state index in [-0.39, 0.29) is 4.47 Å². The molecule has 0 heterocycles. The summed E-state index contributed by atoms with van der Waals surface area (Å²) in [6.07, 6.45) is -4.89. The van der Waals surface area contributed by atoms with Crippen LogP contribution in [-0.2, 0) is 0 Å². The molecule has 0 aliphatic carbocycles. The third-order valence-corrected chi connectivity index (χ3v) is 2.36. The number of benzene rings is 1. The molecule has 0 aliphatic heterocycles. The molecule has 1 aromatic rings. The van der Waals surface area contributed by atoms with E-state index in [0.29, 0.717) is 6.07 Å². The lowest BCUT2D eigenvalue weighted by molar-refractivity contribution is -0.150. The van der Waals surface area contributed by atoms with Crippen LogP contribution in [0.4, 0.5) is 22.0 Å². The summed E-state index contributed by atoms with van der Waals surface area (Å²) < 4.78 is 62.3. The van der Waals surface area contributed by atoms with Gasteiger partial charge in [0.2, 0.25) is 0 Å². The van der Waals surface area contributed by atoms with Gasteiger partial charge < -0.3 is 5.73 Å². The average Bonchev–Trinajstić information content (AvgIpc) is 2.10. The number of hydrogen-bond donors (Lipinski definition) is 1. The van der Waals surface area contributed by atoms with E-state index >= 15 is 0 Å². The zero-order valence-electron chi connectivity index (χ0n) is 7.08. The van der Waals surface area contributed by atoms with Crippen molar-refractivity contribution in [2.45, 2.75) is 12.2 Å². The molecular weight excluding hydrogens is 285 g/mol. The predicted octanol–water partition coefficient (Wildman–Crippen LogP) is 3.29. The van der Waals surface area contributed by atoms with Crippen molar-refractivity contribution >= 4 is 15.9 Å². The summed E-state index contributed by atoms with van der Waals surface area (Å²) >= 11 is 2.65. The first-order chi connectivity index (χ1) is 6.75. The summed E-state index contributed by atoms with van der Waals surface area (Å²) in [6, 6.07) is -0.985. The maximum atomic E-state index is 13.2. The average molecular weight is 290 g/mol. The molecular formula is C8H5BrF5N. The maximum Gasteiger partial charge on any atom is 0.407 e. The lowest BCUT2D eigenvalue weighted by Crippen LogP contribution is -2.30. The van der Waals surface area contributed by atoms with Gasteiger partial charge in [-0.3, -0.25) is 0 Å². The van der Waals surface area contributed by atoms with Crippen LogP contribution in [0.1, 0.15) is 11.6 Å². The number of nitrogens with two attached hydrogens (primary N) is 1. The Balaban J connectivity index is 3.31. The molecule has 0 saturated carbocycles. The quantitative estimate of drug-likeness (QED) is 0.623. The summed E-state index contributed by atoms with van der Waals surface area (Å²) in [6.45, 7) is 0. The van der Waals surface area contributed by atoms with E-state index in [2.05, 4.69) is 15.9 Å². The Hall–Kier alpha value is -0.690. The standard InChI is InChI=1S/C8H5BrF5N/c9-3-1-2-4(10)5(6(3)11)7(15)8(12,13)14/h1-2,7H,15H2/t7-/m1/s1. The van der Waals surface area contributed by atoms with E-state index < -0.39 is 29.4 Å². The number of alkyl halides is 3. The van der Waals surface area contributed by atoms with Crippen molar-refractivity contribution in [2.24, 2.45) is 5.73 Å². The molecule has 7 heteroatoms. The summed E-state index contributed by atoms with van der Waals surface area (Å²) in [7, 11) is 0. The number of rotatable bonds is 1. The molecule has 84 valence electrons. The Labute approximate surface area is 90.2 Å². The second-order valence-electron chi connectivity index (χ2n) is 2.78. The predicted molar refractivity (Wildman–Crippen MR) is 47.0 cm³/mol. The topological polar surface area (TPSA) is 26.0 Å². The first kappa shape index (κ1) is 12.4. The highest BCUT2D eigenvalue weighted by Crippen LogP contribution is 2.35. The molecule has 0 aliphatic rings. The van der Waals surface area contributed by atoms with E-state index in [1.54, 1.807) is 0 Å². The molecule has 1 nitrogen and oxygen atoms in total. The highest BCUT2D eigenvalue weighted by atomic mass is 79.9. The molecule has 0 fully saturated rings. The maximum absolute atomic E-state index is 13.2. The van der Waals surface area contributed by atoms with Crippen molar-refractivity contribution in [1.82, 2.24) is 0 Å². The Morgan fingerprint density at radius 1 is 1.20 bits per heavy atom. The molecule has 0 saturated heterocycles. The fraction of sp³-hybridized carbons (Fsp3) is 0.250. The molecule has 0 unspecified atom stereocenters. The second kappa shape index (κ2) is 4.05. The minimum atomic E-state index is -4.89. The fourth-order valence-electron chi connectivity index (χ4n) is 0.992. The molecule has 1 rings (SSSR count). The minimum absolute atomic E-state index is 0.265. The molecule has 0 radical (unpaired) electrons. The number of hydrogen-bond acceptors (Lipinski definition) is 1. The van der Waals surface area contributed by atoms with Gasteiger partial charge in [-0.25, -0.2) is 8.78 Å². The zero-order chi connectivity index (χ0) is 11.8. The van der Waals surface area contributed by atoms with Gasteiger partial charge in [-0.2, -0.15) is 13.2 Å². The lowest BCUT2D eigenvalue weighted by atomic mass is 10.1. The van der Waals surface area contributed by atoms with Gasteiger partial charge in [-0.1, -0.05) is 0 Å². The van der Waals surface area contributed by atoms with E-state index in [1.165, 1.54) is 0 Å². The van der Waals surface area contributed by atoms with Gasteiger partial charge in [0.25, 0.3) is 0 Å². The van der Waals surface area contributed by atoms with Crippen LogP contribution < -0.4 is 5.73 Å². The van der Waals surface area contributed by atoms with Crippen LogP contribution in [0.15, 0.2) is 16.6 Å². The minimum Gasteiger partial charge on any atom is -0.316 e. The van der Waals surface area contributed by atoms with Gasteiger partial charge in [0.1, 0.15) is 17.7 Å². The van der Waals surface area contributed by atoms with Crippen molar-refractivity contribution in [2.75, 3.05) is 0 Å². The first-order valence-corrected chi connectivity index (χ1v) is 4.50. The van der Waals surface area contributed by atoms with Gasteiger partial charge >= 0.3 is 6.18 Å². The van der Waals surface area contributed by atoms with Crippen molar-refractivity contribution in [3.63, 3.8) is 0 Å². The van der Waals surface area contributed by atoms with Crippen LogP contribution in [0.25, 0.3) is 0 Å². The van der Waals surface area contributed by atoms with Crippen LogP contribution >= 0.6 is 15.9 Å². The van der Waals surface area contributed by atoms with Gasteiger partial charge in [-0.05, 0) is 28.1 Å². The molecule has 1 atom stereocenters. The number of halogens is 6. The van der Waals surface area contributed by atoms with Crippen molar-refractivity contribution in [3.05, 3.63) is 33.8 Å². The highest BCUT2D eigenvalue weighted by molar-refractivity contribution is 9.10. The molecule has 2 N–H and O–H groups in total. The second-order valence-corrected chi connectivity index (χ2v) is 3.63. The van der Waals surface area contributed by atoms with E-state index in [0.717, 1.165) is 6.07 Å². The van der Waals surface area contributed by atoms with Crippen molar-refractivity contribution in [1.29, 1.82) is 0 Å². The summed E-state index contributed by atoms with van der Waals surface area (Å²) in [5.41, 5.74) is 3.53. The molecule has 1 aromatic carbocycles. The third-order valence-electron chi connectivity index (χ3n) is 1.74. The summed E-state index contributed by atoms with van der Waals surface area (Å²) in [4.78, 5) is 0. The smallest absolute Gasteiger partial charge is 0.316 e. The normalized spacial score (nSPS) is 14.1. The van der Waals surface area contributed by atoms with Crippen LogP contribution in [-0.4, -0.2) is 6.18 Å².